The van der Waals surface area contributed by atoms with E-state index in [9.17, 15) is 4.79 Å². The lowest BCUT2D eigenvalue weighted by Gasteiger charge is -2.23. The average molecular weight is 660 g/mol. The smallest absolute Gasteiger partial charge is 0.291 e. The van der Waals surface area contributed by atoms with Gasteiger partial charge in [-0.2, -0.15) is 0 Å². The van der Waals surface area contributed by atoms with Gasteiger partial charge >= 0.3 is 0 Å². The van der Waals surface area contributed by atoms with E-state index in [1.54, 1.807) is 32.5 Å². The molecule has 0 bridgehead atoms. The number of amides is 1. The SMILES string of the molecule is C=C=C=C=C=C=C=C=C=C=C=C=C=C=C=C.COc1ccc(C(Nc2ccccn2)c2c(NC(=O)c3ccco3)sc(C)c2C)cc1OC. The van der Waals surface area contributed by atoms with Gasteiger partial charge in [0.15, 0.2) is 17.3 Å². The fraction of sp³-hybridized carbons (Fsp3) is 0.122. The molecule has 1 unspecified atom stereocenters. The molecule has 2 N–H and O–H groups in total. The lowest BCUT2D eigenvalue weighted by molar-refractivity contribution is 0.0997. The van der Waals surface area contributed by atoms with Crippen molar-refractivity contribution in [1.82, 2.24) is 4.98 Å². The maximum Gasteiger partial charge on any atom is 0.291 e. The number of carbonyl (C=O) groups excluding carboxylic acids is 1. The van der Waals surface area contributed by atoms with Crippen molar-refractivity contribution in [2.24, 2.45) is 0 Å². The number of anilines is 2. The van der Waals surface area contributed by atoms with Crippen LogP contribution >= 0.6 is 11.3 Å². The number of pyridine rings is 1. The summed E-state index contributed by atoms with van der Waals surface area (Å²) in [4.78, 5) is 18.3. The van der Waals surface area contributed by atoms with Gasteiger partial charge in [-0.1, -0.05) is 23.6 Å². The molecule has 0 aliphatic carbocycles. The second-order valence-electron chi connectivity index (χ2n) is 9.22. The number of hydrogen-bond acceptors (Lipinski definition) is 7. The van der Waals surface area contributed by atoms with Crippen molar-refractivity contribution in [1.29, 1.82) is 0 Å². The Morgan fingerprint density at radius 1 is 0.816 bits per heavy atom. The second kappa shape index (κ2) is 20.1. The Morgan fingerprint density at radius 2 is 1.43 bits per heavy atom. The van der Waals surface area contributed by atoms with Gasteiger partial charge in [-0.3, -0.25) is 4.79 Å². The molecule has 8 heteroatoms. The monoisotopic (exact) mass is 659 g/mol. The molecule has 4 rings (SSSR count). The average Bonchev–Trinajstić information content (AvgIpc) is 3.76. The van der Waals surface area contributed by atoms with E-state index in [1.807, 2.05) is 43.3 Å². The largest absolute Gasteiger partial charge is 0.493 e. The summed E-state index contributed by atoms with van der Waals surface area (Å²) in [7, 11) is 3.22. The molecule has 1 atom stereocenters. The fourth-order valence-electron chi connectivity index (χ4n) is 4.01. The third-order valence-electron chi connectivity index (χ3n) is 6.25. The molecule has 238 valence electrons. The van der Waals surface area contributed by atoms with Crippen LogP contribution in [0.5, 0.6) is 11.5 Å². The molecule has 49 heavy (non-hydrogen) atoms. The molecule has 1 aromatic carbocycles. The van der Waals surface area contributed by atoms with Crippen LogP contribution in [0.4, 0.5) is 10.8 Å². The van der Waals surface area contributed by atoms with Gasteiger partial charge in [0, 0.05) is 16.6 Å². The third-order valence-corrected chi connectivity index (χ3v) is 7.39. The maximum atomic E-state index is 12.8. The molecule has 0 spiro atoms. The molecule has 1 amide bonds. The lowest BCUT2D eigenvalue weighted by atomic mass is 9.96. The van der Waals surface area contributed by atoms with Crippen LogP contribution in [0.1, 0.15) is 38.2 Å². The van der Waals surface area contributed by atoms with Crippen molar-refractivity contribution >= 4 is 28.1 Å². The number of hydrogen-bond donors (Lipinski definition) is 2. The summed E-state index contributed by atoms with van der Waals surface area (Å²) in [6, 6.07) is 14.5. The number of nitrogens with one attached hydrogen (secondary N) is 2. The number of furan rings is 1. The Morgan fingerprint density at radius 3 is 1.94 bits per heavy atom. The molecule has 0 aliphatic heterocycles. The zero-order chi connectivity index (χ0) is 35.3. The van der Waals surface area contributed by atoms with Gasteiger partial charge < -0.3 is 24.5 Å². The van der Waals surface area contributed by atoms with Crippen molar-refractivity contribution < 1.29 is 18.7 Å². The number of thiophene rings is 1. The standard InChI is InChI=1S/C25H25N3O4S.C16H4/c1-15-16(2)33-25(28-24(29)19-8-7-13-32-19)22(15)23(27-21-9-5-6-12-26-21)17-10-11-18(30-3)20(14-17)31-4;1-3-5-7-9-11-13-15-16-14-12-10-8-6-4-2/h5-14,23H,1-4H3,(H,26,27)(H,28,29);1-2H2. The van der Waals surface area contributed by atoms with Gasteiger partial charge in [0.2, 0.25) is 0 Å². The third kappa shape index (κ3) is 11.3. The number of aryl methyl sites for hydroxylation is 1. The predicted molar refractivity (Wildman–Crippen MR) is 190 cm³/mol. The number of benzene rings is 1. The summed E-state index contributed by atoms with van der Waals surface area (Å²) in [5.41, 5.74) is 37.4. The van der Waals surface area contributed by atoms with E-state index in [2.05, 4.69) is 116 Å². The Bertz CT molecular complexity index is 2260. The van der Waals surface area contributed by atoms with Crippen LogP contribution < -0.4 is 20.1 Å². The van der Waals surface area contributed by atoms with Gasteiger partial charge in [-0.05, 0) is 143 Å². The Labute approximate surface area is 288 Å². The molecule has 0 radical (unpaired) electrons. The van der Waals surface area contributed by atoms with Crippen LogP contribution in [0.25, 0.3) is 0 Å². The van der Waals surface area contributed by atoms with Crippen LogP contribution in [0.15, 0.2) is 159 Å². The number of carbonyl (C=O) groups is 1. The molecule has 0 saturated carbocycles. The summed E-state index contributed by atoms with van der Waals surface area (Å²) >= 11 is 1.53. The molecule has 0 aliphatic rings. The van der Waals surface area contributed by atoms with E-state index in [0.29, 0.717) is 17.3 Å². The van der Waals surface area contributed by atoms with Crippen LogP contribution in [-0.2, 0) is 0 Å². The van der Waals surface area contributed by atoms with Crippen LogP contribution in [0, 0.1) is 13.8 Å². The molecule has 3 heterocycles. The number of ether oxygens (including phenoxy) is 2. The normalized spacial score (nSPS) is 9.06. The number of aromatic nitrogens is 1. The minimum atomic E-state index is -0.309. The number of nitrogens with zero attached hydrogens (tertiary/aromatic N) is 1. The highest BCUT2D eigenvalue weighted by Gasteiger charge is 2.26. The summed E-state index contributed by atoms with van der Waals surface area (Å²) < 4.78 is 16.2. The molecule has 4 aromatic rings. The van der Waals surface area contributed by atoms with Crippen molar-refractivity contribution in [3.8, 4) is 11.5 Å². The van der Waals surface area contributed by atoms with Gasteiger partial charge in [0.05, 0.1) is 26.5 Å². The zero-order valence-corrected chi connectivity index (χ0v) is 28.1. The topological polar surface area (TPSA) is 85.6 Å². The molecular formula is C41H29N3O4S. The van der Waals surface area contributed by atoms with Gasteiger partial charge in [0.1, 0.15) is 10.8 Å². The molecular weight excluding hydrogens is 631 g/mol. The van der Waals surface area contributed by atoms with Crippen molar-refractivity contribution in [2.75, 3.05) is 24.9 Å². The number of methoxy groups -OCH3 is 2. The van der Waals surface area contributed by atoms with Crippen molar-refractivity contribution in [2.45, 2.75) is 19.9 Å². The first-order valence-corrected chi connectivity index (χ1v) is 15.1. The first kappa shape index (κ1) is 36.3. The van der Waals surface area contributed by atoms with Crippen molar-refractivity contribution in [3.05, 3.63) is 182 Å². The Hall–Kier alpha value is -7.12. The van der Waals surface area contributed by atoms with Gasteiger partial charge in [-0.15, -0.1) is 11.3 Å². The summed E-state index contributed by atoms with van der Waals surface area (Å²) in [6.07, 6.45) is 3.22. The summed E-state index contributed by atoms with van der Waals surface area (Å²) in [5.74, 6) is 1.93. The Balaban J connectivity index is 0.000000345. The lowest BCUT2D eigenvalue weighted by Crippen LogP contribution is -2.18. The quantitative estimate of drug-likeness (QED) is 0.184. The second-order valence-corrected chi connectivity index (χ2v) is 10.4. The molecule has 0 saturated heterocycles. The predicted octanol–water partition coefficient (Wildman–Crippen LogP) is 8.80. The highest BCUT2D eigenvalue weighted by molar-refractivity contribution is 7.16. The summed E-state index contributed by atoms with van der Waals surface area (Å²) in [5, 5.41) is 7.30. The highest BCUT2D eigenvalue weighted by Crippen LogP contribution is 2.42. The van der Waals surface area contributed by atoms with Crippen molar-refractivity contribution in [3.63, 3.8) is 0 Å². The maximum absolute atomic E-state index is 12.8. The zero-order valence-electron chi connectivity index (χ0n) is 27.3. The first-order chi connectivity index (χ1) is 23.9. The highest BCUT2D eigenvalue weighted by atomic mass is 32.1. The minimum absolute atomic E-state index is 0.255. The molecule has 0 fully saturated rings. The van der Waals surface area contributed by atoms with E-state index in [-0.39, 0.29) is 17.7 Å². The van der Waals surface area contributed by atoms with Gasteiger partial charge in [0.25, 0.3) is 5.91 Å². The number of rotatable bonds is 8. The molecule has 3 aromatic heterocycles. The van der Waals surface area contributed by atoms with E-state index in [0.717, 1.165) is 26.6 Å². The first-order valence-electron chi connectivity index (χ1n) is 14.3. The fourth-order valence-corrected chi connectivity index (χ4v) is 5.10. The van der Waals surface area contributed by atoms with E-state index in [4.69, 9.17) is 13.9 Å². The van der Waals surface area contributed by atoms with E-state index >= 15 is 0 Å². The van der Waals surface area contributed by atoms with Gasteiger partial charge in [-0.25, -0.2) is 4.98 Å². The van der Waals surface area contributed by atoms with Crippen LogP contribution in [0.2, 0.25) is 0 Å². The van der Waals surface area contributed by atoms with Crippen LogP contribution in [0.3, 0.4) is 0 Å². The minimum Gasteiger partial charge on any atom is -0.493 e. The van der Waals surface area contributed by atoms with E-state index < -0.39 is 0 Å². The Kier molecular flexibility index (Phi) is 14.9. The summed E-state index contributed by atoms with van der Waals surface area (Å²) in [6.45, 7) is 10.7. The van der Waals surface area contributed by atoms with Crippen LogP contribution in [-0.4, -0.2) is 25.1 Å². The molecule has 7 nitrogen and oxygen atoms in total. The van der Waals surface area contributed by atoms with E-state index in [1.165, 1.54) is 17.6 Å².